The molecule has 3 nitrogen and oxygen atoms in total. The second-order valence-corrected chi connectivity index (χ2v) is 5.24. The van der Waals surface area contributed by atoms with Crippen LogP contribution in [0.2, 0.25) is 0 Å². The summed E-state index contributed by atoms with van der Waals surface area (Å²) >= 11 is 0. The topological polar surface area (TPSA) is 43.4 Å². The average molecular weight is 238 g/mol. The second-order valence-electron chi connectivity index (χ2n) is 3.68. The lowest BCUT2D eigenvalue weighted by Crippen LogP contribution is -2.34. The molecule has 8 heteroatoms. The van der Waals surface area contributed by atoms with Gasteiger partial charge in [0.25, 0.3) is 0 Å². The van der Waals surface area contributed by atoms with Gasteiger partial charge in [-0.3, -0.25) is 0 Å². The standard InChI is InChI=1S/C6H10F4O3S/c1-5(2,3)4(7)13-14(11,12)6(8,9)10/h4H,1-3H3. The average Bonchev–Trinajstić information content (AvgIpc) is 1.80. The molecule has 0 radical (unpaired) electrons. The predicted octanol–water partition coefficient (Wildman–Crippen LogP) is 2.19. The van der Waals surface area contributed by atoms with Gasteiger partial charge in [0.15, 0.2) is 0 Å². The smallest absolute Gasteiger partial charge is 0.226 e. The van der Waals surface area contributed by atoms with Crippen molar-refractivity contribution in [2.24, 2.45) is 5.41 Å². The van der Waals surface area contributed by atoms with Crippen molar-refractivity contribution in [3.05, 3.63) is 0 Å². The molecular weight excluding hydrogens is 228 g/mol. The summed E-state index contributed by atoms with van der Waals surface area (Å²) in [6, 6.07) is 0. The lowest BCUT2D eigenvalue weighted by Gasteiger charge is -2.23. The van der Waals surface area contributed by atoms with Gasteiger partial charge in [0.2, 0.25) is 6.36 Å². The second kappa shape index (κ2) is 3.65. The maximum atomic E-state index is 12.8. The van der Waals surface area contributed by atoms with Crippen molar-refractivity contribution in [1.29, 1.82) is 0 Å². The molecule has 0 N–H and O–H groups in total. The van der Waals surface area contributed by atoms with Crippen LogP contribution in [0, 0.1) is 5.41 Å². The number of hydrogen-bond donors (Lipinski definition) is 0. The predicted molar refractivity (Wildman–Crippen MR) is 40.4 cm³/mol. The van der Waals surface area contributed by atoms with Gasteiger partial charge in [-0.2, -0.15) is 21.6 Å². The van der Waals surface area contributed by atoms with Crippen LogP contribution in [0.5, 0.6) is 0 Å². The fourth-order valence-electron chi connectivity index (χ4n) is 0.310. The number of halogens is 4. The van der Waals surface area contributed by atoms with E-state index < -0.39 is 27.4 Å². The van der Waals surface area contributed by atoms with Crippen molar-refractivity contribution >= 4 is 10.1 Å². The molecule has 0 aromatic heterocycles. The molecule has 0 amide bonds. The van der Waals surface area contributed by atoms with E-state index in [0.717, 1.165) is 0 Å². The van der Waals surface area contributed by atoms with Crippen LogP contribution in [0.25, 0.3) is 0 Å². The van der Waals surface area contributed by atoms with E-state index in [1.807, 2.05) is 0 Å². The van der Waals surface area contributed by atoms with Crippen LogP contribution in [0.1, 0.15) is 20.8 Å². The molecule has 0 bridgehead atoms. The highest BCUT2D eigenvalue weighted by molar-refractivity contribution is 7.87. The molecule has 0 rings (SSSR count). The Morgan fingerprint density at radius 2 is 1.50 bits per heavy atom. The van der Waals surface area contributed by atoms with E-state index >= 15 is 0 Å². The maximum Gasteiger partial charge on any atom is 0.523 e. The van der Waals surface area contributed by atoms with Crippen molar-refractivity contribution in [3.8, 4) is 0 Å². The molecule has 0 aromatic carbocycles. The minimum Gasteiger partial charge on any atom is -0.226 e. The monoisotopic (exact) mass is 238 g/mol. The molecule has 0 fully saturated rings. The van der Waals surface area contributed by atoms with Crippen LogP contribution in [-0.4, -0.2) is 20.3 Å². The highest BCUT2D eigenvalue weighted by atomic mass is 32.2. The van der Waals surface area contributed by atoms with E-state index in [9.17, 15) is 26.0 Å². The molecule has 0 heterocycles. The van der Waals surface area contributed by atoms with Crippen LogP contribution < -0.4 is 0 Å². The molecule has 1 atom stereocenters. The fraction of sp³-hybridized carbons (Fsp3) is 1.00. The van der Waals surface area contributed by atoms with E-state index in [4.69, 9.17) is 0 Å². The maximum absolute atomic E-state index is 12.8. The molecule has 14 heavy (non-hydrogen) atoms. The van der Waals surface area contributed by atoms with E-state index in [2.05, 4.69) is 4.18 Å². The van der Waals surface area contributed by atoms with Crippen LogP contribution in [0.3, 0.4) is 0 Å². The zero-order valence-electron chi connectivity index (χ0n) is 7.72. The van der Waals surface area contributed by atoms with E-state index in [1.54, 1.807) is 0 Å². The molecule has 86 valence electrons. The zero-order valence-corrected chi connectivity index (χ0v) is 8.54. The summed E-state index contributed by atoms with van der Waals surface area (Å²) in [4.78, 5) is 0. The van der Waals surface area contributed by atoms with Crippen LogP contribution in [0.4, 0.5) is 17.6 Å². The summed E-state index contributed by atoms with van der Waals surface area (Å²) < 4.78 is 71.9. The van der Waals surface area contributed by atoms with Crippen LogP contribution >= 0.6 is 0 Å². The zero-order chi connectivity index (χ0) is 11.8. The quantitative estimate of drug-likeness (QED) is 0.421. The van der Waals surface area contributed by atoms with E-state index in [0.29, 0.717) is 0 Å². The van der Waals surface area contributed by atoms with Crippen molar-refractivity contribution in [2.45, 2.75) is 32.6 Å². The summed E-state index contributed by atoms with van der Waals surface area (Å²) in [5.74, 6) is 0. The molecule has 0 aliphatic rings. The highest BCUT2D eigenvalue weighted by Crippen LogP contribution is 2.31. The van der Waals surface area contributed by atoms with Gasteiger partial charge in [-0.05, 0) is 0 Å². The molecule has 0 aliphatic heterocycles. The third kappa shape index (κ3) is 3.41. The fourth-order valence-corrected chi connectivity index (χ4v) is 0.930. The van der Waals surface area contributed by atoms with Gasteiger partial charge >= 0.3 is 15.6 Å². The van der Waals surface area contributed by atoms with Crippen molar-refractivity contribution in [3.63, 3.8) is 0 Å². The Bertz CT molecular complexity index is 287. The summed E-state index contributed by atoms with van der Waals surface area (Å²) in [5.41, 5.74) is -6.93. The summed E-state index contributed by atoms with van der Waals surface area (Å²) in [6.45, 7) is 3.64. The number of alkyl halides is 4. The summed E-state index contributed by atoms with van der Waals surface area (Å²) in [6.07, 6.45) is -2.53. The molecule has 0 aromatic rings. The first-order valence-electron chi connectivity index (χ1n) is 3.51. The third-order valence-corrected chi connectivity index (χ3v) is 2.16. The van der Waals surface area contributed by atoms with Gasteiger partial charge in [0.05, 0.1) is 0 Å². The Morgan fingerprint density at radius 1 is 1.14 bits per heavy atom. The first-order valence-corrected chi connectivity index (χ1v) is 4.92. The molecule has 0 saturated heterocycles. The van der Waals surface area contributed by atoms with Crippen molar-refractivity contribution in [2.75, 3.05) is 0 Å². The molecule has 0 saturated carbocycles. The SMILES string of the molecule is CC(C)(C)C(F)OS(=O)(=O)C(F)(F)F. The van der Waals surface area contributed by atoms with Crippen molar-refractivity contribution < 1.29 is 30.2 Å². The lowest BCUT2D eigenvalue weighted by molar-refractivity contribution is -0.0801. The first-order chi connectivity index (χ1) is 5.88. The van der Waals surface area contributed by atoms with Gasteiger partial charge in [-0.25, -0.2) is 8.57 Å². The van der Waals surface area contributed by atoms with Gasteiger partial charge < -0.3 is 0 Å². The molecular formula is C6H10F4O3S. The minimum absolute atomic E-state index is 1.21. The summed E-state index contributed by atoms with van der Waals surface area (Å²) in [5, 5.41) is 0. The van der Waals surface area contributed by atoms with Crippen LogP contribution in [0.15, 0.2) is 0 Å². The Balaban J connectivity index is 4.72. The normalized spacial score (nSPS) is 16.8. The lowest BCUT2D eigenvalue weighted by atomic mass is 9.97. The van der Waals surface area contributed by atoms with Gasteiger partial charge in [-0.1, -0.05) is 20.8 Å². The van der Waals surface area contributed by atoms with Crippen molar-refractivity contribution in [1.82, 2.24) is 0 Å². The number of rotatable bonds is 2. The van der Waals surface area contributed by atoms with E-state index in [-0.39, 0.29) is 0 Å². The highest BCUT2D eigenvalue weighted by Gasteiger charge is 2.50. The Hall–Kier alpha value is -0.370. The molecule has 0 spiro atoms. The summed E-state index contributed by atoms with van der Waals surface area (Å²) in [7, 11) is -5.86. The minimum atomic E-state index is -5.86. The van der Waals surface area contributed by atoms with Gasteiger partial charge in [0, 0.05) is 5.41 Å². The Labute approximate surface area is 79.2 Å². The largest absolute Gasteiger partial charge is 0.523 e. The first kappa shape index (κ1) is 13.6. The van der Waals surface area contributed by atoms with E-state index in [1.165, 1.54) is 20.8 Å². The molecule has 0 aliphatic carbocycles. The van der Waals surface area contributed by atoms with Gasteiger partial charge in [0.1, 0.15) is 0 Å². The Kier molecular flexibility index (Phi) is 3.55. The van der Waals surface area contributed by atoms with Crippen LogP contribution in [-0.2, 0) is 14.3 Å². The number of hydrogen-bond acceptors (Lipinski definition) is 3. The molecule has 1 unspecified atom stereocenters. The Morgan fingerprint density at radius 3 is 1.71 bits per heavy atom. The third-order valence-electron chi connectivity index (χ3n) is 1.18. The van der Waals surface area contributed by atoms with Gasteiger partial charge in [-0.15, -0.1) is 0 Å².